The smallest absolute Gasteiger partial charge is 0.215 e. The number of rotatable bonds is 5. The summed E-state index contributed by atoms with van der Waals surface area (Å²) >= 11 is 0. The Morgan fingerprint density at radius 1 is 1.26 bits per heavy atom. The molecule has 1 aliphatic heterocycles. The van der Waals surface area contributed by atoms with Gasteiger partial charge in [-0.1, -0.05) is 18.2 Å². The van der Waals surface area contributed by atoms with Gasteiger partial charge in [0.2, 0.25) is 10.0 Å². The van der Waals surface area contributed by atoms with Crippen molar-refractivity contribution in [3.8, 4) is 0 Å². The number of morpholine rings is 1. The van der Waals surface area contributed by atoms with E-state index >= 15 is 0 Å². The number of fused-ring (bicyclic) bond motifs is 1. The SMILES string of the molecule is Cc1cc(NCCS(=O)(=O)N2CCOCC2)c2ccccc2n1. The Balaban J connectivity index is 1.69. The number of hydrogen-bond donors (Lipinski definition) is 1. The summed E-state index contributed by atoms with van der Waals surface area (Å²) < 4.78 is 31.4. The molecule has 0 atom stereocenters. The summed E-state index contributed by atoms with van der Waals surface area (Å²) in [7, 11) is -3.24. The van der Waals surface area contributed by atoms with Crippen LogP contribution >= 0.6 is 0 Å². The number of para-hydroxylation sites is 1. The number of nitrogens with one attached hydrogen (secondary N) is 1. The van der Waals surface area contributed by atoms with Crippen molar-refractivity contribution in [3.63, 3.8) is 0 Å². The molecule has 1 aromatic carbocycles. The van der Waals surface area contributed by atoms with Gasteiger partial charge in [0.05, 0.1) is 24.5 Å². The number of ether oxygens (including phenoxy) is 1. The van der Waals surface area contributed by atoms with Crippen molar-refractivity contribution in [3.05, 3.63) is 36.0 Å². The van der Waals surface area contributed by atoms with Crippen LogP contribution in [-0.2, 0) is 14.8 Å². The Labute approximate surface area is 136 Å². The number of aryl methyl sites for hydroxylation is 1. The third-order valence-corrected chi connectivity index (χ3v) is 5.76. The molecule has 0 radical (unpaired) electrons. The van der Waals surface area contributed by atoms with Crippen molar-refractivity contribution in [2.24, 2.45) is 0 Å². The lowest BCUT2D eigenvalue weighted by Crippen LogP contribution is -2.42. The normalized spacial score (nSPS) is 16.6. The van der Waals surface area contributed by atoms with Crippen LogP contribution in [0.4, 0.5) is 5.69 Å². The van der Waals surface area contributed by atoms with Gasteiger partial charge in [-0.15, -0.1) is 0 Å². The minimum atomic E-state index is -3.24. The molecule has 0 spiro atoms. The summed E-state index contributed by atoms with van der Waals surface area (Å²) in [4.78, 5) is 4.49. The number of nitrogens with zero attached hydrogens (tertiary/aromatic N) is 2. The Hall–Kier alpha value is -1.70. The summed E-state index contributed by atoms with van der Waals surface area (Å²) in [6.07, 6.45) is 0. The molecular formula is C16H21N3O3S. The molecule has 0 aliphatic carbocycles. The fourth-order valence-corrected chi connectivity index (χ4v) is 4.05. The molecule has 1 fully saturated rings. The molecule has 1 N–H and O–H groups in total. The molecule has 1 aliphatic rings. The molecule has 0 saturated carbocycles. The van der Waals surface area contributed by atoms with Crippen molar-refractivity contribution < 1.29 is 13.2 Å². The third kappa shape index (κ3) is 3.80. The van der Waals surface area contributed by atoms with Crippen molar-refractivity contribution in [2.45, 2.75) is 6.92 Å². The van der Waals surface area contributed by atoms with E-state index in [9.17, 15) is 8.42 Å². The number of pyridine rings is 1. The minimum Gasteiger partial charge on any atom is -0.383 e. The van der Waals surface area contributed by atoms with Gasteiger partial charge in [0.15, 0.2) is 0 Å². The topological polar surface area (TPSA) is 71.5 Å². The van der Waals surface area contributed by atoms with Gasteiger partial charge in [-0.05, 0) is 19.1 Å². The van der Waals surface area contributed by atoms with Crippen LogP contribution in [0.5, 0.6) is 0 Å². The van der Waals surface area contributed by atoms with Gasteiger partial charge in [-0.2, -0.15) is 4.31 Å². The van der Waals surface area contributed by atoms with Gasteiger partial charge in [0.1, 0.15) is 0 Å². The predicted molar refractivity (Wildman–Crippen MR) is 91.1 cm³/mol. The van der Waals surface area contributed by atoms with Gasteiger partial charge in [0.25, 0.3) is 0 Å². The van der Waals surface area contributed by atoms with Crippen molar-refractivity contribution in [2.75, 3.05) is 43.9 Å². The summed E-state index contributed by atoms with van der Waals surface area (Å²) in [5.74, 6) is 0.0721. The second kappa shape index (κ2) is 6.82. The molecule has 2 heterocycles. The van der Waals surface area contributed by atoms with Crippen LogP contribution in [0.3, 0.4) is 0 Å². The lowest BCUT2D eigenvalue weighted by molar-refractivity contribution is 0.0731. The largest absolute Gasteiger partial charge is 0.383 e. The highest BCUT2D eigenvalue weighted by Gasteiger charge is 2.23. The van der Waals surface area contributed by atoms with Crippen LogP contribution in [0.1, 0.15) is 5.69 Å². The fourth-order valence-electron chi connectivity index (χ4n) is 2.72. The first-order valence-electron chi connectivity index (χ1n) is 7.72. The molecule has 6 nitrogen and oxygen atoms in total. The van der Waals surface area contributed by atoms with Crippen LogP contribution in [0.2, 0.25) is 0 Å². The highest BCUT2D eigenvalue weighted by molar-refractivity contribution is 7.89. The molecule has 0 unspecified atom stereocenters. The standard InChI is InChI=1S/C16H21N3O3S/c1-13-12-16(14-4-2-3-5-15(14)18-13)17-6-11-23(20,21)19-7-9-22-10-8-19/h2-5,12H,6-11H2,1H3,(H,17,18). The van der Waals surface area contributed by atoms with Crippen LogP contribution in [0, 0.1) is 6.92 Å². The number of sulfonamides is 1. The van der Waals surface area contributed by atoms with Crippen molar-refractivity contribution in [1.82, 2.24) is 9.29 Å². The third-order valence-electron chi connectivity index (χ3n) is 3.88. The van der Waals surface area contributed by atoms with E-state index in [4.69, 9.17) is 4.74 Å². The number of aromatic nitrogens is 1. The number of benzene rings is 1. The van der Waals surface area contributed by atoms with Crippen LogP contribution in [0.15, 0.2) is 30.3 Å². The van der Waals surface area contributed by atoms with E-state index in [1.807, 2.05) is 37.3 Å². The first-order chi connectivity index (χ1) is 11.1. The van der Waals surface area contributed by atoms with E-state index in [1.54, 1.807) is 0 Å². The van der Waals surface area contributed by atoms with E-state index < -0.39 is 10.0 Å². The summed E-state index contributed by atoms with van der Waals surface area (Å²) in [5, 5.41) is 4.25. The van der Waals surface area contributed by atoms with Gasteiger partial charge in [-0.25, -0.2) is 8.42 Å². The molecule has 2 aromatic rings. The fraction of sp³-hybridized carbons (Fsp3) is 0.438. The lowest BCUT2D eigenvalue weighted by Gasteiger charge is -2.26. The molecule has 0 bridgehead atoms. The van der Waals surface area contributed by atoms with Crippen LogP contribution in [-0.4, -0.2) is 56.3 Å². The van der Waals surface area contributed by atoms with E-state index in [2.05, 4.69) is 10.3 Å². The zero-order valence-corrected chi connectivity index (χ0v) is 14.0. The van der Waals surface area contributed by atoms with E-state index in [0.717, 1.165) is 22.3 Å². The van der Waals surface area contributed by atoms with Crippen molar-refractivity contribution >= 4 is 26.6 Å². The van der Waals surface area contributed by atoms with Gasteiger partial charge in [0, 0.05) is 36.4 Å². The molecule has 0 amide bonds. The number of anilines is 1. The molecule has 1 aromatic heterocycles. The molecular weight excluding hydrogens is 314 g/mol. The molecule has 23 heavy (non-hydrogen) atoms. The Kier molecular flexibility index (Phi) is 4.79. The first-order valence-corrected chi connectivity index (χ1v) is 9.33. The highest BCUT2D eigenvalue weighted by atomic mass is 32.2. The lowest BCUT2D eigenvalue weighted by atomic mass is 10.1. The van der Waals surface area contributed by atoms with Gasteiger partial charge >= 0.3 is 0 Å². The Bertz CT molecular complexity index is 786. The Morgan fingerprint density at radius 3 is 2.78 bits per heavy atom. The van der Waals surface area contributed by atoms with Crippen LogP contribution in [0.25, 0.3) is 10.9 Å². The zero-order chi connectivity index (χ0) is 16.3. The predicted octanol–water partition coefficient (Wildman–Crippen LogP) is 1.62. The second-order valence-corrected chi connectivity index (χ2v) is 7.67. The highest BCUT2D eigenvalue weighted by Crippen LogP contribution is 2.22. The van der Waals surface area contributed by atoms with Gasteiger partial charge in [-0.3, -0.25) is 4.98 Å². The molecule has 124 valence electrons. The quantitative estimate of drug-likeness (QED) is 0.899. The minimum absolute atomic E-state index is 0.0721. The monoisotopic (exact) mass is 335 g/mol. The zero-order valence-electron chi connectivity index (χ0n) is 13.2. The maximum absolute atomic E-state index is 12.3. The van der Waals surface area contributed by atoms with E-state index in [-0.39, 0.29) is 5.75 Å². The summed E-state index contributed by atoms with van der Waals surface area (Å²) in [6, 6.07) is 9.79. The van der Waals surface area contributed by atoms with Crippen LogP contribution < -0.4 is 5.32 Å². The van der Waals surface area contributed by atoms with Crippen molar-refractivity contribution in [1.29, 1.82) is 0 Å². The van der Waals surface area contributed by atoms with E-state index in [1.165, 1.54) is 4.31 Å². The second-order valence-electron chi connectivity index (χ2n) is 5.58. The summed E-state index contributed by atoms with van der Waals surface area (Å²) in [6.45, 7) is 4.14. The van der Waals surface area contributed by atoms with E-state index in [0.29, 0.717) is 32.8 Å². The first kappa shape index (κ1) is 16.2. The number of hydrogen-bond acceptors (Lipinski definition) is 5. The maximum atomic E-state index is 12.3. The average molecular weight is 335 g/mol. The van der Waals surface area contributed by atoms with Gasteiger partial charge < -0.3 is 10.1 Å². The average Bonchev–Trinajstić information content (AvgIpc) is 2.55. The molecule has 7 heteroatoms. The Morgan fingerprint density at radius 2 is 2.00 bits per heavy atom. The summed E-state index contributed by atoms with van der Waals surface area (Å²) in [5.41, 5.74) is 2.73. The molecule has 3 rings (SSSR count). The molecule has 1 saturated heterocycles. The maximum Gasteiger partial charge on any atom is 0.215 e.